The van der Waals surface area contributed by atoms with Crippen molar-refractivity contribution in [1.29, 1.82) is 5.26 Å². The fourth-order valence-corrected chi connectivity index (χ4v) is 1.61. The van der Waals surface area contributed by atoms with E-state index in [0.29, 0.717) is 0 Å². The van der Waals surface area contributed by atoms with Crippen molar-refractivity contribution in [3.05, 3.63) is 24.4 Å². The highest BCUT2D eigenvalue weighted by Gasteiger charge is 2.22. The zero-order valence-corrected chi connectivity index (χ0v) is 7.35. The Morgan fingerprint density at radius 3 is 3.08 bits per heavy atom. The molecule has 3 nitrogen and oxygen atoms in total. The molecule has 2 rings (SSSR count). The molecule has 0 saturated carbocycles. The van der Waals surface area contributed by atoms with E-state index >= 15 is 0 Å². The van der Waals surface area contributed by atoms with Gasteiger partial charge in [-0.1, -0.05) is 6.07 Å². The van der Waals surface area contributed by atoms with Crippen LogP contribution in [0, 0.1) is 17.2 Å². The van der Waals surface area contributed by atoms with Crippen molar-refractivity contribution < 1.29 is 0 Å². The summed E-state index contributed by atoms with van der Waals surface area (Å²) >= 11 is 0. The molecule has 1 aromatic heterocycles. The van der Waals surface area contributed by atoms with E-state index < -0.39 is 0 Å². The third kappa shape index (κ3) is 1.62. The van der Waals surface area contributed by atoms with Crippen LogP contribution in [-0.4, -0.2) is 18.1 Å². The summed E-state index contributed by atoms with van der Waals surface area (Å²) < 4.78 is 0. The molecule has 1 aromatic rings. The van der Waals surface area contributed by atoms with Crippen LogP contribution in [0.1, 0.15) is 6.42 Å². The number of nitrogens with zero attached hydrogens (tertiary/aromatic N) is 3. The Balaban J connectivity index is 2.09. The lowest BCUT2D eigenvalue weighted by atomic mass is 10.1. The predicted octanol–water partition coefficient (Wildman–Crippen LogP) is 1.43. The Hall–Kier alpha value is -1.56. The third-order valence-electron chi connectivity index (χ3n) is 2.34. The fourth-order valence-electron chi connectivity index (χ4n) is 1.61. The summed E-state index contributed by atoms with van der Waals surface area (Å²) in [7, 11) is 0. The minimum absolute atomic E-state index is 0.182. The van der Waals surface area contributed by atoms with Gasteiger partial charge in [0.2, 0.25) is 0 Å². The monoisotopic (exact) mass is 173 g/mol. The number of hydrogen-bond donors (Lipinski definition) is 0. The van der Waals surface area contributed by atoms with Crippen LogP contribution in [-0.2, 0) is 0 Å². The molecule has 0 radical (unpaired) electrons. The summed E-state index contributed by atoms with van der Waals surface area (Å²) in [6.07, 6.45) is 2.75. The van der Waals surface area contributed by atoms with Gasteiger partial charge in [0.15, 0.2) is 0 Å². The van der Waals surface area contributed by atoms with Gasteiger partial charge in [-0.3, -0.25) is 0 Å². The van der Waals surface area contributed by atoms with Crippen LogP contribution in [0.4, 0.5) is 5.82 Å². The largest absolute Gasteiger partial charge is 0.355 e. The highest BCUT2D eigenvalue weighted by Crippen LogP contribution is 2.20. The number of anilines is 1. The van der Waals surface area contributed by atoms with E-state index in [4.69, 9.17) is 5.26 Å². The summed E-state index contributed by atoms with van der Waals surface area (Å²) in [5.41, 5.74) is 0. The molecule has 0 amide bonds. The van der Waals surface area contributed by atoms with Crippen LogP contribution < -0.4 is 4.90 Å². The molecule has 0 bridgehead atoms. The molecule has 66 valence electrons. The minimum Gasteiger partial charge on any atom is -0.355 e. The second-order valence-corrected chi connectivity index (χ2v) is 3.25. The van der Waals surface area contributed by atoms with Crippen molar-refractivity contribution in [2.24, 2.45) is 5.92 Å². The normalized spacial score (nSPS) is 21.5. The van der Waals surface area contributed by atoms with Crippen LogP contribution in [0.15, 0.2) is 24.4 Å². The maximum absolute atomic E-state index is 8.73. The van der Waals surface area contributed by atoms with Gasteiger partial charge in [-0.25, -0.2) is 4.98 Å². The molecule has 1 aliphatic rings. The molecule has 13 heavy (non-hydrogen) atoms. The van der Waals surface area contributed by atoms with Gasteiger partial charge in [-0.15, -0.1) is 0 Å². The van der Waals surface area contributed by atoms with E-state index in [1.54, 1.807) is 6.20 Å². The summed E-state index contributed by atoms with van der Waals surface area (Å²) in [5.74, 6) is 1.17. The molecular weight excluding hydrogens is 162 g/mol. The van der Waals surface area contributed by atoms with E-state index in [9.17, 15) is 0 Å². The van der Waals surface area contributed by atoms with Gasteiger partial charge in [0, 0.05) is 19.3 Å². The maximum Gasteiger partial charge on any atom is 0.128 e. The Morgan fingerprint density at radius 2 is 2.46 bits per heavy atom. The zero-order valence-electron chi connectivity index (χ0n) is 7.35. The summed E-state index contributed by atoms with van der Waals surface area (Å²) in [6, 6.07) is 8.16. The number of rotatable bonds is 1. The Labute approximate surface area is 77.6 Å². The van der Waals surface area contributed by atoms with Crippen LogP contribution in [0.3, 0.4) is 0 Å². The molecule has 0 aromatic carbocycles. The zero-order chi connectivity index (χ0) is 9.10. The lowest BCUT2D eigenvalue weighted by molar-refractivity contribution is 0.754. The van der Waals surface area contributed by atoms with Crippen molar-refractivity contribution in [2.75, 3.05) is 18.0 Å². The summed E-state index contributed by atoms with van der Waals surface area (Å²) in [5, 5.41) is 8.73. The van der Waals surface area contributed by atoms with E-state index in [2.05, 4.69) is 16.0 Å². The smallest absolute Gasteiger partial charge is 0.128 e. The first-order chi connectivity index (χ1) is 6.40. The average molecular weight is 173 g/mol. The molecule has 1 atom stereocenters. The van der Waals surface area contributed by atoms with Crippen molar-refractivity contribution in [2.45, 2.75) is 6.42 Å². The quantitative estimate of drug-likeness (QED) is 0.645. The second kappa shape index (κ2) is 3.44. The molecule has 1 saturated heterocycles. The van der Waals surface area contributed by atoms with Crippen molar-refractivity contribution in [1.82, 2.24) is 4.98 Å². The average Bonchev–Trinajstić information content (AvgIpc) is 2.67. The van der Waals surface area contributed by atoms with Gasteiger partial charge >= 0.3 is 0 Å². The van der Waals surface area contributed by atoms with Crippen LogP contribution in [0.2, 0.25) is 0 Å². The first-order valence-corrected chi connectivity index (χ1v) is 4.46. The molecule has 3 heteroatoms. The van der Waals surface area contributed by atoms with Crippen molar-refractivity contribution >= 4 is 5.82 Å². The molecule has 0 aliphatic carbocycles. The first-order valence-electron chi connectivity index (χ1n) is 4.46. The topological polar surface area (TPSA) is 39.9 Å². The highest BCUT2D eigenvalue weighted by molar-refractivity contribution is 5.39. The SMILES string of the molecule is N#CC1CCN(c2ccccn2)C1. The molecule has 0 spiro atoms. The van der Waals surface area contributed by atoms with Gasteiger partial charge in [0.25, 0.3) is 0 Å². The lowest BCUT2D eigenvalue weighted by Gasteiger charge is -2.15. The van der Waals surface area contributed by atoms with Crippen molar-refractivity contribution in [3.8, 4) is 6.07 Å². The number of nitriles is 1. The van der Waals surface area contributed by atoms with Crippen molar-refractivity contribution in [3.63, 3.8) is 0 Å². The fraction of sp³-hybridized carbons (Fsp3) is 0.400. The van der Waals surface area contributed by atoms with Gasteiger partial charge in [-0.05, 0) is 18.6 Å². The van der Waals surface area contributed by atoms with E-state index in [1.807, 2.05) is 18.2 Å². The molecule has 2 heterocycles. The van der Waals surface area contributed by atoms with Crippen LogP contribution >= 0.6 is 0 Å². The second-order valence-electron chi connectivity index (χ2n) is 3.25. The highest BCUT2D eigenvalue weighted by atomic mass is 15.2. The molecule has 1 unspecified atom stereocenters. The van der Waals surface area contributed by atoms with E-state index in [1.165, 1.54) is 0 Å². The van der Waals surface area contributed by atoms with Gasteiger partial charge in [0.05, 0.1) is 12.0 Å². The van der Waals surface area contributed by atoms with E-state index in [0.717, 1.165) is 25.3 Å². The van der Waals surface area contributed by atoms with Gasteiger partial charge in [0.1, 0.15) is 5.82 Å². The third-order valence-corrected chi connectivity index (χ3v) is 2.34. The van der Waals surface area contributed by atoms with Crippen LogP contribution in [0.25, 0.3) is 0 Å². The predicted molar refractivity (Wildman–Crippen MR) is 50.2 cm³/mol. The minimum atomic E-state index is 0.182. The number of hydrogen-bond acceptors (Lipinski definition) is 3. The van der Waals surface area contributed by atoms with Gasteiger partial charge in [-0.2, -0.15) is 5.26 Å². The maximum atomic E-state index is 8.73. The molecular formula is C10H11N3. The number of aromatic nitrogens is 1. The Kier molecular flexibility index (Phi) is 2.13. The lowest BCUT2D eigenvalue weighted by Crippen LogP contribution is -2.20. The summed E-state index contributed by atoms with van der Waals surface area (Å²) in [6.45, 7) is 1.78. The Bertz CT molecular complexity index is 315. The van der Waals surface area contributed by atoms with E-state index in [-0.39, 0.29) is 5.92 Å². The molecule has 0 N–H and O–H groups in total. The number of pyridine rings is 1. The Morgan fingerprint density at radius 1 is 1.54 bits per heavy atom. The first kappa shape index (κ1) is 8.06. The van der Waals surface area contributed by atoms with Crippen LogP contribution in [0.5, 0.6) is 0 Å². The van der Waals surface area contributed by atoms with Gasteiger partial charge < -0.3 is 4.90 Å². The molecule has 1 aliphatic heterocycles. The standard InChI is InChI=1S/C10H11N3/c11-7-9-4-6-13(8-9)10-3-1-2-5-12-10/h1-3,5,9H,4,6,8H2. The molecule has 1 fully saturated rings. The summed E-state index contributed by atoms with van der Waals surface area (Å²) in [4.78, 5) is 6.41.